The lowest BCUT2D eigenvalue weighted by Gasteiger charge is -2.12. The van der Waals surface area contributed by atoms with Gasteiger partial charge in [-0.15, -0.1) is 0 Å². The summed E-state index contributed by atoms with van der Waals surface area (Å²) in [7, 11) is 1.63. The summed E-state index contributed by atoms with van der Waals surface area (Å²) in [5.41, 5.74) is 2.07. The van der Waals surface area contributed by atoms with E-state index in [1.54, 1.807) is 7.05 Å². The highest BCUT2D eigenvalue weighted by atomic mass is 32.1. The zero-order valence-electron chi connectivity index (χ0n) is 13.2. The normalized spacial score (nSPS) is 12.9. The predicted octanol–water partition coefficient (Wildman–Crippen LogP) is 3.78. The first kappa shape index (κ1) is 18.4. The molecule has 1 unspecified atom stereocenters. The van der Waals surface area contributed by atoms with Crippen LogP contribution >= 0.6 is 12.6 Å². The Morgan fingerprint density at radius 2 is 2.32 bits per heavy atom. The Labute approximate surface area is 137 Å². The average Bonchev–Trinajstić information content (AvgIpc) is 2.45. The number of hydrogen-bond donors (Lipinski definition) is 2. The Morgan fingerprint density at radius 1 is 1.55 bits per heavy atom. The van der Waals surface area contributed by atoms with E-state index >= 15 is 0 Å². The van der Waals surface area contributed by atoms with Crippen molar-refractivity contribution in [1.82, 2.24) is 10.3 Å². The number of nitrogens with zero attached hydrogens (tertiary/aromatic N) is 2. The third-order valence-corrected chi connectivity index (χ3v) is 3.23. The number of pyridine rings is 1. The largest absolute Gasteiger partial charge is 0.383 e. The maximum atomic E-state index is 13.5. The summed E-state index contributed by atoms with van der Waals surface area (Å²) < 4.78 is 13.5. The number of nitrogens with one attached hydrogen (secondary N) is 1. The molecule has 1 aromatic rings. The van der Waals surface area contributed by atoms with Crippen LogP contribution in [0.5, 0.6) is 0 Å². The van der Waals surface area contributed by atoms with Crippen LogP contribution in [0.2, 0.25) is 0 Å². The second kappa shape index (κ2) is 10.2. The molecule has 3 nitrogen and oxygen atoms in total. The fourth-order valence-corrected chi connectivity index (χ4v) is 2.16. The van der Waals surface area contributed by atoms with Crippen LogP contribution in [0.4, 0.5) is 4.39 Å². The molecule has 0 aliphatic rings. The molecule has 0 spiro atoms. The molecule has 0 bridgehead atoms. The molecule has 0 amide bonds. The van der Waals surface area contributed by atoms with Gasteiger partial charge in [-0.05, 0) is 30.6 Å². The van der Waals surface area contributed by atoms with Crippen molar-refractivity contribution in [1.29, 1.82) is 0 Å². The molecule has 1 rings (SSSR count). The SMILES string of the molecule is C=C(CC(C)/C=C/CCS)NCc1cc(F)cc(C=NC)n1. The van der Waals surface area contributed by atoms with Crippen LogP contribution in [0, 0.1) is 11.7 Å². The lowest BCUT2D eigenvalue weighted by molar-refractivity contribution is 0.613. The fraction of sp³-hybridized carbons (Fsp3) is 0.412. The minimum absolute atomic E-state index is 0.310. The second-order valence-electron chi connectivity index (χ2n) is 5.17. The summed E-state index contributed by atoms with van der Waals surface area (Å²) in [6, 6.07) is 2.78. The quantitative estimate of drug-likeness (QED) is 0.413. The maximum absolute atomic E-state index is 13.5. The van der Waals surface area contributed by atoms with Crippen molar-refractivity contribution < 1.29 is 4.39 Å². The molecular weight excluding hydrogens is 297 g/mol. The van der Waals surface area contributed by atoms with Gasteiger partial charge in [0.1, 0.15) is 5.82 Å². The van der Waals surface area contributed by atoms with E-state index in [4.69, 9.17) is 0 Å². The average molecular weight is 321 g/mol. The van der Waals surface area contributed by atoms with Crippen molar-refractivity contribution in [3.05, 3.63) is 53.8 Å². The Bertz CT molecular complexity index is 541. The Balaban J connectivity index is 2.50. The van der Waals surface area contributed by atoms with E-state index in [1.807, 2.05) is 0 Å². The smallest absolute Gasteiger partial charge is 0.127 e. The molecule has 0 aliphatic carbocycles. The first-order chi connectivity index (χ1) is 10.5. The van der Waals surface area contributed by atoms with Crippen molar-refractivity contribution in [2.75, 3.05) is 12.8 Å². The van der Waals surface area contributed by atoms with Crippen LogP contribution in [0.1, 0.15) is 31.2 Å². The summed E-state index contributed by atoms with van der Waals surface area (Å²) in [5, 5.41) is 3.20. The van der Waals surface area contributed by atoms with Crippen molar-refractivity contribution >= 4 is 18.8 Å². The van der Waals surface area contributed by atoms with E-state index in [-0.39, 0.29) is 5.82 Å². The molecule has 0 radical (unpaired) electrons. The van der Waals surface area contributed by atoms with Crippen LogP contribution in [0.3, 0.4) is 0 Å². The van der Waals surface area contributed by atoms with Gasteiger partial charge in [0.2, 0.25) is 0 Å². The van der Waals surface area contributed by atoms with E-state index in [0.29, 0.717) is 23.9 Å². The Morgan fingerprint density at radius 3 is 3.00 bits per heavy atom. The minimum Gasteiger partial charge on any atom is -0.383 e. The summed E-state index contributed by atoms with van der Waals surface area (Å²) in [6.07, 6.45) is 7.65. The molecule has 1 heterocycles. The van der Waals surface area contributed by atoms with Crippen molar-refractivity contribution in [3.63, 3.8) is 0 Å². The van der Waals surface area contributed by atoms with Crippen LogP contribution in [-0.2, 0) is 6.54 Å². The van der Waals surface area contributed by atoms with Gasteiger partial charge in [0.05, 0.1) is 17.9 Å². The van der Waals surface area contributed by atoms with Crippen LogP contribution in [-0.4, -0.2) is 24.0 Å². The second-order valence-corrected chi connectivity index (χ2v) is 5.62. The van der Waals surface area contributed by atoms with Crippen molar-refractivity contribution in [2.45, 2.75) is 26.3 Å². The summed E-state index contributed by atoms with van der Waals surface area (Å²) >= 11 is 4.17. The van der Waals surface area contributed by atoms with Gasteiger partial charge in [0, 0.05) is 25.0 Å². The highest BCUT2D eigenvalue weighted by Crippen LogP contribution is 2.11. The first-order valence-electron chi connectivity index (χ1n) is 7.33. The highest BCUT2D eigenvalue weighted by Gasteiger charge is 2.04. The van der Waals surface area contributed by atoms with Gasteiger partial charge in [-0.1, -0.05) is 25.7 Å². The molecule has 0 fully saturated rings. The topological polar surface area (TPSA) is 37.3 Å². The van der Waals surface area contributed by atoms with Crippen molar-refractivity contribution in [3.8, 4) is 0 Å². The van der Waals surface area contributed by atoms with Crippen LogP contribution in [0.15, 0.2) is 41.6 Å². The zero-order valence-corrected chi connectivity index (χ0v) is 14.1. The first-order valence-corrected chi connectivity index (χ1v) is 7.96. The molecular formula is C17H24FN3S. The maximum Gasteiger partial charge on any atom is 0.127 e. The number of aromatic nitrogens is 1. The number of rotatable bonds is 9. The van der Waals surface area contributed by atoms with Gasteiger partial charge in [-0.25, -0.2) is 9.37 Å². The van der Waals surface area contributed by atoms with Gasteiger partial charge in [-0.2, -0.15) is 12.6 Å². The van der Waals surface area contributed by atoms with Gasteiger partial charge in [0.25, 0.3) is 0 Å². The molecule has 22 heavy (non-hydrogen) atoms. The third kappa shape index (κ3) is 7.41. The molecule has 1 aromatic heterocycles. The van der Waals surface area contributed by atoms with Gasteiger partial charge >= 0.3 is 0 Å². The Kier molecular flexibility index (Phi) is 8.51. The molecule has 1 atom stereocenters. The number of allylic oxidation sites excluding steroid dienone is 3. The van der Waals surface area contributed by atoms with E-state index in [0.717, 1.165) is 24.3 Å². The molecule has 1 N–H and O–H groups in total. The monoisotopic (exact) mass is 321 g/mol. The Hall–Kier alpha value is -1.62. The summed E-state index contributed by atoms with van der Waals surface area (Å²) in [5.74, 6) is 0.954. The van der Waals surface area contributed by atoms with Gasteiger partial charge in [0.15, 0.2) is 0 Å². The van der Waals surface area contributed by atoms with E-state index in [2.05, 4.69) is 53.6 Å². The number of aliphatic imine (C=N–C) groups is 1. The van der Waals surface area contributed by atoms with Gasteiger partial charge < -0.3 is 5.32 Å². The molecule has 0 aliphatic heterocycles. The van der Waals surface area contributed by atoms with Crippen molar-refractivity contribution in [2.24, 2.45) is 10.9 Å². The van der Waals surface area contributed by atoms with E-state index in [9.17, 15) is 4.39 Å². The van der Waals surface area contributed by atoms with Gasteiger partial charge in [-0.3, -0.25) is 4.99 Å². The van der Waals surface area contributed by atoms with Crippen LogP contribution < -0.4 is 5.32 Å². The molecule has 120 valence electrons. The fourth-order valence-electron chi connectivity index (χ4n) is 2.01. The summed E-state index contributed by atoms with van der Waals surface area (Å²) in [4.78, 5) is 8.17. The predicted molar refractivity (Wildman–Crippen MR) is 95.1 cm³/mol. The van der Waals surface area contributed by atoms with E-state index < -0.39 is 0 Å². The molecule has 5 heteroatoms. The lowest BCUT2D eigenvalue weighted by Crippen LogP contribution is -2.15. The minimum atomic E-state index is -0.310. The number of thiol groups is 1. The molecule has 0 saturated heterocycles. The third-order valence-electron chi connectivity index (χ3n) is 2.97. The number of hydrogen-bond acceptors (Lipinski definition) is 4. The molecule has 0 saturated carbocycles. The van der Waals surface area contributed by atoms with Crippen LogP contribution in [0.25, 0.3) is 0 Å². The van der Waals surface area contributed by atoms with E-state index in [1.165, 1.54) is 18.3 Å². The number of halogens is 1. The standard InChI is InChI=1S/C17H24FN3S/c1-13(6-4-5-7-22)8-14(2)20-12-17-10-15(18)9-16(21-17)11-19-3/h4,6,9-11,13,20,22H,2,5,7-8,12H2,1,3H3/b6-4+,19-11?. The molecule has 0 aromatic carbocycles. The summed E-state index contributed by atoms with van der Waals surface area (Å²) in [6.45, 7) is 6.60. The lowest BCUT2D eigenvalue weighted by atomic mass is 10.1. The zero-order chi connectivity index (χ0) is 16.4. The highest BCUT2D eigenvalue weighted by molar-refractivity contribution is 7.80.